The number of nitrogens with zero attached hydrogens (tertiary/aromatic N) is 2. The molecule has 2 aliphatic heterocycles. The summed E-state index contributed by atoms with van der Waals surface area (Å²) in [6, 6.07) is 7.56. The second kappa shape index (κ2) is 5.93. The van der Waals surface area contributed by atoms with E-state index in [1.54, 1.807) is 0 Å². The fourth-order valence-corrected chi connectivity index (χ4v) is 3.52. The molecule has 4 rings (SSSR count). The molecule has 1 aromatic rings. The predicted molar refractivity (Wildman–Crippen MR) is 87.9 cm³/mol. The number of imide groups is 1. The Balaban J connectivity index is 1.62. The third-order valence-corrected chi connectivity index (χ3v) is 5.08. The van der Waals surface area contributed by atoms with Gasteiger partial charge in [0.05, 0.1) is 12.0 Å². The second-order valence-corrected chi connectivity index (χ2v) is 7.06. The van der Waals surface area contributed by atoms with E-state index in [2.05, 4.69) is 5.32 Å². The van der Waals surface area contributed by atoms with Gasteiger partial charge in [0.2, 0.25) is 11.8 Å². The molecule has 25 heavy (non-hydrogen) atoms. The molecule has 1 aliphatic carbocycles. The maximum Gasteiger partial charge on any atom is 0.261 e. The minimum Gasteiger partial charge on any atom is -0.352 e. The molecule has 0 radical (unpaired) electrons. The first-order valence-corrected chi connectivity index (χ1v) is 8.56. The number of fused-ring (bicyclic) bond motifs is 1. The van der Waals surface area contributed by atoms with E-state index in [0.717, 1.165) is 28.9 Å². The van der Waals surface area contributed by atoms with Crippen molar-refractivity contribution < 1.29 is 19.2 Å². The number of hydrogen-bond acceptors (Lipinski definition) is 5. The smallest absolute Gasteiger partial charge is 0.261 e. The number of likely N-dealkylation sites (N-methyl/N-ethyl adjacent to an activating group) is 1. The van der Waals surface area contributed by atoms with Crippen molar-refractivity contribution in [2.24, 2.45) is 5.92 Å². The van der Waals surface area contributed by atoms with Gasteiger partial charge in [-0.15, -0.1) is 0 Å². The van der Waals surface area contributed by atoms with Crippen LogP contribution in [0.25, 0.3) is 0 Å². The summed E-state index contributed by atoms with van der Waals surface area (Å²) < 4.78 is 0. The molecule has 3 unspecified atom stereocenters. The van der Waals surface area contributed by atoms with E-state index < -0.39 is 18.1 Å². The Bertz CT molecular complexity index is 728. The summed E-state index contributed by atoms with van der Waals surface area (Å²) in [6.07, 6.45) is 1.15. The zero-order valence-electron chi connectivity index (χ0n) is 14.3. The largest absolute Gasteiger partial charge is 0.352 e. The fourth-order valence-electron chi connectivity index (χ4n) is 3.52. The molecule has 0 aromatic heterocycles. The minimum atomic E-state index is -0.850. The van der Waals surface area contributed by atoms with E-state index in [0.29, 0.717) is 0 Å². The predicted octanol–water partition coefficient (Wildman–Crippen LogP) is 0.545. The Labute approximate surface area is 145 Å². The third-order valence-electron chi connectivity index (χ3n) is 5.08. The van der Waals surface area contributed by atoms with E-state index in [-0.39, 0.29) is 30.3 Å². The van der Waals surface area contributed by atoms with Crippen LogP contribution in [0.5, 0.6) is 0 Å². The molecule has 1 aromatic carbocycles. The van der Waals surface area contributed by atoms with Crippen LogP contribution in [0.15, 0.2) is 24.3 Å². The number of aryl methyl sites for hydroxylation is 1. The molecule has 132 valence electrons. The summed E-state index contributed by atoms with van der Waals surface area (Å²) in [5.74, 6) is -1.37. The molecule has 0 spiro atoms. The number of likely N-dealkylation sites (tertiary alicyclic amines) is 1. The van der Waals surface area contributed by atoms with Gasteiger partial charge in [0.15, 0.2) is 6.10 Å². The first-order valence-electron chi connectivity index (χ1n) is 8.56. The third kappa shape index (κ3) is 2.83. The van der Waals surface area contributed by atoms with Gasteiger partial charge in [-0.1, -0.05) is 29.8 Å². The lowest BCUT2D eigenvalue weighted by Crippen LogP contribution is -2.40. The SMILES string of the molecule is Cc1ccc(C2C3C(=O)N(C)C(=O)C3ON2CC(=O)NC2CC2)cc1. The van der Waals surface area contributed by atoms with Gasteiger partial charge in [0, 0.05) is 13.1 Å². The summed E-state index contributed by atoms with van der Waals surface area (Å²) in [6.45, 7) is 1.99. The Morgan fingerprint density at radius 3 is 2.52 bits per heavy atom. The number of amides is 3. The number of nitrogens with one attached hydrogen (secondary N) is 1. The van der Waals surface area contributed by atoms with Crippen LogP contribution in [0.3, 0.4) is 0 Å². The number of rotatable bonds is 4. The van der Waals surface area contributed by atoms with Gasteiger partial charge in [-0.25, -0.2) is 0 Å². The van der Waals surface area contributed by atoms with Crippen molar-refractivity contribution in [3.63, 3.8) is 0 Å². The van der Waals surface area contributed by atoms with Gasteiger partial charge >= 0.3 is 0 Å². The van der Waals surface area contributed by atoms with Gasteiger partial charge in [0.25, 0.3) is 5.91 Å². The van der Waals surface area contributed by atoms with Crippen LogP contribution in [0.2, 0.25) is 0 Å². The zero-order chi connectivity index (χ0) is 17.7. The van der Waals surface area contributed by atoms with Crippen molar-refractivity contribution in [1.82, 2.24) is 15.3 Å². The van der Waals surface area contributed by atoms with E-state index in [1.165, 1.54) is 12.1 Å². The Morgan fingerprint density at radius 2 is 1.88 bits per heavy atom. The molecule has 7 nitrogen and oxygen atoms in total. The Hall–Kier alpha value is -2.25. The molecule has 3 atom stereocenters. The molecule has 3 aliphatic rings. The molecule has 7 heteroatoms. The van der Waals surface area contributed by atoms with Gasteiger partial charge in [-0.05, 0) is 25.3 Å². The first kappa shape index (κ1) is 16.2. The van der Waals surface area contributed by atoms with Crippen molar-refractivity contribution in [2.45, 2.75) is 38.0 Å². The summed E-state index contributed by atoms with van der Waals surface area (Å²) in [5, 5.41) is 4.42. The average Bonchev–Trinajstić information content (AvgIpc) is 3.28. The molecule has 2 saturated heterocycles. The van der Waals surface area contributed by atoms with Crippen LogP contribution in [-0.2, 0) is 19.2 Å². The van der Waals surface area contributed by atoms with Crippen molar-refractivity contribution in [2.75, 3.05) is 13.6 Å². The minimum absolute atomic E-state index is 0.00627. The highest BCUT2D eigenvalue weighted by Crippen LogP contribution is 2.44. The number of hydrogen-bond donors (Lipinski definition) is 1. The maximum atomic E-state index is 12.6. The quantitative estimate of drug-likeness (QED) is 0.808. The number of benzene rings is 1. The highest BCUT2D eigenvalue weighted by Gasteiger charge is 2.58. The lowest BCUT2D eigenvalue weighted by atomic mass is 9.90. The molecule has 2 heterocycles. The number of hydroxylamine groups is 2. The Kier molecular flexibility index (Phi) is 3.85. The van der Waals surface area contributed by atoms with Gasteiger partial charge in [-0.3, -0.25) is 24.1 Å². The number of carbonyl (C=O) groups is 3. The molecular formula is C18H21N3O4. The highest BCUT2D eigenvalue weighted by atomic mass is 16.7. The fraction of sp³-hybridized carbons (Fsp3) is 0.500. The van der Waals surface area contributed by atoms with E-state index in [9.17, 15) is 14.4 Å². The standard InChI is InChI=1S/C18H21N3O4/c1-10-3-5-11(6-4-10)15-14-16(18(24)20(2)17(14)23)25-21(15)9-13(22)19-12-7-8-12/h3-6,12,14-16H,7-9H2,1-2H3,(H,19,22). The molecular weight excluding hydrogens is 322 g/mol. The normalized spacial score (nSPS) is 29.2. The molecule has 1 saturated carbocycles. The number of carbonyl (C=O) groups excluding carboxylic acids is 3. The molecule has 0 bridgehead atoms. The van der Waals surface area contributed by atoms with Gasteiger partial charge in [0.1, 0.15) is 6.54 Å². The summed E-state index contributed by atoms with van der Waals surface area (Å²) in [4.78, 5) is 44.0. The summed E-state index contributed by atoms with van der Waals surface area (Å²) in [7, 11) is 1.47. The van der Waals surface area contributed by atoms with Gasteiger partial charge in [-0.2, -0.15) is 5.06 Å². The topological polar surface area (TPSA) is 79.0 Å². The molecule has 3 amide bonds. The van der Waals surface area contributed by atoms with Crippen LogP contribution in [0, 0.1) is 12.8 Å². The zero-order valence-corrected chi connectivity index (χ0v) is 14.3. The van der Waals surface area contributed by atoms with Gasteiger partial charge < -0.3 is 5.32 Å². The van der Waals surface area contributed by atoms with Crippen LogP contribution >= 0.6 is 0 Å². The van der Waals surface area contributed by atoms with Crippen molar-refractivity contribution in [3.8, 4) is 0 Å². The lowest BCUT2D eigenvalue weighted by molar-refractivity contribution is -0.181. The summed E-state index contributed by atoms with van der Waals surface area (Å²) in [5.41, 5.74) is 1.97. The van der Waals surface area contributed by atoms with E-state index >= 15 is 0 Å². The second-order valence-electron chi connectivity index (χ2n) is 7.06. The molecule has 3 fully saturated rings. The molecule has 1 N–H and O–H groups in total. The van der Waals surface area contributed by atoms with Crippen molar-refractivity contribution in [3.05, 3.63) is 35.4 Å². The van der Waals surface area contributed by atoms with Crippen LogP contribution in [0.1, 0.15) is 30.0 Å². The lowest BCUT2D eigenvalue weighted by Gasteiger charge is -2.26. The van der Waals surface area contributed by atoms with Crippen LogP contribution in [0.4, 0.5) is 0 Å². The van der Waals surface area contributed by atoms with Crippen molar-refractivity contribution in [1.29, 1.82) is 0 Å². The average molecular weight is 343 g/mol. The van der Waals surface area contributed by atoms with Crippen LogP contribution < -0.4 is 5.32 Å². The maximum absolute atomic E-state index is 12.6. The van der Waals surface area contributed by atoms with Crippen molar-refractivity contribution >= 4 is 17.7 Å². The first-order chi connectivity index (χ1) is 12.0. The van der Waals surface area contributed by atoms with Crippen LogP contribution in [-0.4, -0.2) is 53.4 Å². The van der Waals surface area contributed by atoms with E-state index in [1.807, 2.05) is 31.2 Å². The highest BCUT2D eigenvalue weighted by molar-refractivity contribution is 6.07. The van der Waals surface area contributed by atoms with E-state index in [4.69, 9.17) is 4.84 Å². The Morgan fingerprint density at radius 1 is 1.20 bits per heavy atom. The summed E-state index contributed by atoms with van der Waals surface area (Å²) >= 11 is 0. The monoisotopic (exact) mass is 343 g/mol.